The second-order valence-corrected chi connectivity index (χ2v) is 6.09. The third-order valence-electron chi connectivity index (χ3n) is 3.31. The quantitative estimate of drug-likeness (QED) is 0.829. The van der Waals surface area contributed by atoms with Gasteiger partial charge in [0.25, 0.3) is 0 Å². The van der Waals surface area contributed by atoms with E-state index in [1.165, 1.54) is 21.2 Å². The molecule has 0 atom stereocenters. The minimum Gasteiger partial charge on any atom is -0.313 e. The minimum absolute atomic E-state index is 0.902. The maximum absolute atomic E-state index is 4.16. The van der Waals surface area contributed by atoms with Crippen LogP contribution in [0.1, 0.15) is 23.6 Å². The fraction of sp³-hybridized carbons (Fsp3) is 0.353. The number of nitrogens with zero attached hydrogens (tertiary/aromatic N) is 2. The van der Waals surface area contributed by atoms with Gasteiger partial charge in [0.2, 0.25) is 0 Å². The lowest BCUT2D eigenvalue weighted by Crippen LogP contribution is -2.18. The molecule has 0 aliphatic carbocycles. The van der Waals surface area contributed by atoms with Crippen LogP contribution in [0.4, 0.5) is 0 Å². The van der Waals surface area contributed by atoms with Gasteiger partial charge in [0.05, 0.1) is 0 Å². The first-order valence-corrected chi connectivity index (χ1v) is 8.03. The summed E-state index contributed by atoms with van der Waals surface area (Å²) in [5.74, 6) is 0. The van der Waals surface area contributed by atoms with Gasteiger partial charge in [0, 0.05) is 36.5 Å². The summed E-state index contributed by atoms with van der Waals surface area (Å²) in [7, 11) is 2.13. The average Bonchev–Trinajstić information content (AvgIpc) is 2.48. The number of nitrogens with one attached hydrogen (secondary N) is 1. The molecular formula is C17H22BrN3. The number of hydrogen-bond acceptors (Lipinski definition) is 3. The number of aromatic nitrogens is 1. The van der Waals surface area contributed by atoms with Crippen LogP contribution < -0.4 is 5.32 Å². The number of rotatable bonds is 7. The molecule has 0 aliphatic heterocycles. The van der Waals surface area contributed by atoms with Crippen LogP contribution in [-0.2, 0) is 19.6 Å². The summed E-state index contributed by atoms with van der Waals surface area (Å²) in [4.78, 5) is 6.45. The van der Waals surface area contributed by atoms with E-state index in [0.29, 0.717) is 0 Å². The summed E-state index contributed by atoms with van der Waals surface area (Å²) < 4.78 is 1.18. The molecule has 0 bridgehead atoms. The second kappa shape index (κ2) is 8.27. The Morgan fingerprint density at radius 2 is 2.05 bits per heavy atom. The standard InChI is InChI=1S/C17H22BrN3/c1-3-19-10-14-6-7-16(17(18)9-14)13-21(2)12-15-5-4-8-20-11-15/h4-9,11,19H,3,10,12-13H2,1-2H3. The van der Waals surface area contributed by atoms with Gasteiger partial charge in [-0.1, -0.05) is 41.1 Å². The van der Waals surface area contributed by atoms with Gasteiger partial charge in [0.15, 0.2) is 0 Å². The summed E-state index contributed by atoms with van der Waals surface area (Å²) in [5, 5.41) is 3.35. The zero-order valence-electron chi connectivity index (χ0n) is 12.6. The van der Waals surface area contributed by atoms with Crippen molar-refractivity contribution in [2.75, 3.05) is 13.6 Å². The fourth-order valence-corrected chi connectivity index (χ4v) is 2.80. The average molecular weight is 348 g/mol. The fourth-order valence-electron chi connectivity index (χ4n) is 2.25. The molecule has 0 amide bonds. The highest BCUT2D eigenvalue weighted by Gasteiger charge is 2.06. The van der Waals surface area contributed by atoms with Gasteiger partial charge >= 0.3 is 0 Å². The van der Waals surface area contributed by atoms with Crippen molar-refractivity contribution in [1.29, 1.82) is 0 Å². The SMILES string of the molecule is CCNCc1ccc(CN(C)Cc2cccnc2)c(Br)c1. The Kier molecular flexibility index (Phi) is 6.36. The molecule has 1 heterocycles. The van der Waals surface area contributed by atoms with Crippen molar-refractivity contribution in [1.82, 2.24) is 15.2 Å². The summed E-state index contributed by atoms with van der Waals surface area (Å²) in [6.07, 6.45) is 3.73. The first kappa shape index (κ1) is 16.1. The number of hydrogen-bond donors (Lipinski definition) is 1. The van der Waals surface area contributed by atoms with Crippen molar-refractivity contribution >= 4 is 15.9 Å². The maximum Gasteiger partial charge on any atom is 0.0312 e. The van der Waals surface area contributed by atoms with E-state index in [0.717, 1.165) is 26.2 Å². The molecule has 2 aromatic rings. The van der Waals surface area contributed by atoms with E-state index < -0.39 is 0 Å². The van der Waals surface area contributed by atoms with Crippen molar-refractivity contribution in [2.45, 2.75) is 26.6 Å². The zero-order chi connectivity index (χ0) is 15.1. The number of pyridine rings is 1. The molecule has 4 heteroatoms. The van der Waals surface area contributed by atoms with Crippen LogP contribution in [0.3, 0.4) is 0 Å². The van der Waals surface area contributed by atoms with Gasteiger partial charge in [-0.05, 0) is 42.4 Å². The second-order valence-electron chi connectivity index (χ2n) is 5.24. The Morgan fingerprint density at radius 3 is 2.71 bits per heavy atom. The molecule has 1 aromatic heterocycles. The topological polar surface area (TPSA) is 28.2 Å². The molecule has 2 rings (SSSR count). The Hall–Kier alpha value is -1.23. The van der Waals surface area contributed by atoms with Gasteiger partial charge in [-0.2, -0.15) is 0 Å². The van der Waals surface area contributed by atoms with Crippen molar-refractivity contribution in [2.24, 2.45) is 0 Å². The van der Waals surface area contributed by atoms with Crippen molar-refractivity contribution in [3.63, 3.8) is 0 Å². The molecule has 0 unspecified atom stereocenters. The normalized spacial score (nSPS) is 11.0. The molecule has 21 heavy (non-hydrogen) atoms. The molecular weight excluding hydrogens is 326 g/mol. The predicted molar refractivity (Wildman–Crippen MR) is 90.9 cm³/mol. The van der Waals surface area contributed by atoms with Crippen LogP contribution in [0.15, 0.2) is 47.2 Å². The third-order valence-corrected chi connectivity index (χ3v) is 4.05. The van der Waals surface area contributed by atoms with Gasteiger partial charge < -0.3 is 5.32 Å². The van der Waals surface area contributed by atoms with Crippen LogP contribution in [0.2, 0.25) is 0 Å². The molecule has 0 saturated carbocycles. The van der Waals surface area contributed by atoms with Crippen molar-refractivity contribution in [3.05, 3.63) is 63.9 Å². The highest BCUT2D eigenvalue weighted by Crippen LogP contribution is 2.20. The lowest BCUT2D eigenvalue weighted by molar-refractivity contribution is 0.318. The largest absolute Gasteiger partial charge is 0.313 e. The summed E-state index contributed by atoms with van der Waals surface area (Å²) >= 11 is 3.69. The first-order valence-electron chi connectivity index (χ1n) is 7.24. The Balaban J connectivity index is 1.95. The monoisotopic (exact) mass is 347 g/mol. The van der Waals surface area contributed by atoms with E-state index >= 15 is 0 Å². The zero-order valence-corrected chi connectivity index (χ0v) is 14.2. The molecule has 0 fully saturated rings. The van der Waals surface area contributed by atoms with Crippen LogP contribution in [0, 0.1) is 0 Å². The van der Waals surface area contributed by atoms with Gasteiger partial charge in [0.1, 0.15) is 0 Å². The molecule has 0 saturated heterocycles. The number of halogens is 1. The summed E-state index contributed by atoms with van der Waals surface area (Å²) in [5.41, 5.74) is 3.85. The summed E-state index contributed by atoms with van der Waals surface area (Å²) in [6, 6.07) is 10.7. The molecule has 0 radical (unpaired) electrons. The molecule has 1 aromatic carbocycles. The van der Waals surface area contributed by atoms with Gasteiger partial charge in [-0.15, -0.1) is 0 Å². The van der Waals surface area contributed by atoms with Gasteiger partial charge in [-0.3, -0.25) is 9.88 Å². The minimum atomic E-state index is 0.902. The number of benzene rings is 1. The predicted octanol–water partition coefficient (Wildman–Crippen LogP) is 3.59. The van der Waals surface area contributed by atoms with E-state index in [1.54, 1.807) is 0 Å². The maximum atomic E-state index is 4.16. The molecule has 1 N–H and O–H groups in total. The third kappa shape index (κ3) is 5.23. The molecule has 0 aliphatic rings. The molecule has 3 nitrogen and oxygen atoms in total. The first-order chi connectivity index (χ1) is 10.2. The van der Waals surface area contributed by atoms with Crippen LogP contribution in [0.25, 0.3) is 0 Å². The van der Waals surface area contributed by atoms with Crippen LogP contribution >= 0.6 is 15.9 Å². The van der Waals surface area contributed by atoms with E-state index in [4.69, 9.17) is 0 Å². The van der Waals surface area contributed by atoms with Crippen LogP contribution in [-0.4, -0.2) is 23.5 Å². The van der Waals surface area contributed by atoms with E-state index in [1.807, 2.05) is 18.5 Å². The van der Waals surface area contributed by atoms with Crippen molar-refractivity contribution < 1.29 is 0 Å². The Morgan fingerprint density at radius 1 is 1.19 bits per heavy atom. The summed E-state index contributed by atoms with van der Waals surface area (Å²) in [6.45, 7) is 5.85. The highest BCUT2D eigenvalue weighted by atomic mass is 79.9. The van der Waals surface area contributed by atoms with E-state index in [9.17, 15) is 0 Å². The Labute approximate surface area is 135 Å². The lowest BCUT2D eigenvalue weighted by Gasteiger charge is -2.18. The highest BCUT2D eigenvalue weighted by molar-refractivity contribution is 9.10. The molecule has 112 valence electrons. The molecule has 0 spiro atoms. The lowest BCUT2D eigenvalue weighted by atomic mass is 10.1. The van der Waals surface area contributed by atoms with Gasteiger partial charge in [-0.25, -0.2) is 0 Å². The van der Waals surface area contributed by atoms with Crippen LogP contribution in [0.5, 0.6) is 0 Å². The smallest absolute Gasteiger partial charge is 0.0312 e. The van der Waals surface area contributed by atoms with Crippen molar-refractivity contribution in [3.8, 4) is 0 Å². The van der Waals surface area contributed by atoms with E-state index in [2.05, 4.69) is 69.4 Å². The van der Waals surface area contributed by atoms with E-state index in [-0.39, 0.29) is 0 Å². The Bertz CT molecular complexity index is 557.